The Morgan fingerprint density at radius 2 is 2.05 bits per heavy atom. The fourth-order valence-corrected chi connectivity index (χ4v) is 2.22. The van der Waals surface area contributed by atoms with Crippen molar-refractivity contribution in [3.8, 4) is 5.75 Å². The number of benzene rings is 1. The summed E-state index contributed by atoms with van der Waals surface area (Å²) in [4.78, 5) is 24.2. The zero-order valence-corrected chi connectivity index (χ0v) is 12.5. The maximum absolute atomic E-state index is 12.0. The summed E-state index contributed by atoms with van der Waals surface area (Å²) < 4.78 is 10.2. The summed E-state index contributed by atoms with van der Waals surface area (Å²) in [6.45, 7) is 1.53. The molecule has 2 aromatic rings. The van der Waals surface area contributed by atoms with Crippen LogP contribution in [0.25, 0.3) is 0 Å². The second-order valence-corrected chi connectivity index (χ2v) is 5.19. The minimum Gasteiger partial charge on any atom is -0.497 e. The number of rotatable bonds is 5. The molecule has 1 aromatic carbocycles. The average molecular weight is 305 g/mol. The SMILES string of the molecule is COc1cccc(NC(=O)C(C)OC(=O)c2cccs2)c1. The van der Waals surface area contributed by atoms with Crippen molar-refractivity contribution in [2.75, 3.05) is 12.4 Å². The standard InChI is InChI=1S/C15H15NO4S/c1-10(20-15(18)13-7-4-8-21-13)14(17)16-11-5-3-6-12(9-11)19-2/h3-10H,1-2H3,(H,16,17). The van der Waals surface area contributed by atoms with Crippen LogP contribution in [0.15, 0.2) is 41.8 Å². The topological polar surface area (TPSA) is 64.6 Å². The Morgan fingerprint density at radius 3 is 2.71 bits per heavy atom. The Bertz CT molecular complexity index is 624. The van der Waals surface area contributed by atoms with Crippen molar-refractivity contribution in [3.05, 3.63) is 46.7 Å². The Labute approximate surface area is 126 Å². The van der Waals surface area contributed by atoms with Gasteiger partial charge in [-0.05, 0) is 30.5 Å². The highest BCUT2D eigenvalue weighted by Gasteiger charge is 2.19. The number of nitrogens with one attached hydrogen (secondary N) is 1. The largest absolute Gasteiger partial charge is 0.497 e. The molecule has 1 aromatic heterocycles. The summed E-state index contributed by atoms with van der Waals surface area (Å²) in [5.74, 6) is -0.262. The predicted molar refractivity (Wildman–Crippen MR) is 80.8 cm³/mol. The Hall–Kier alpha value is -2.34. The first kappa shape index (κ1) is 15.1. The quantitative estimate of drug-likeness (QED) is 0.863. The van der Waals surface area contributed by atoms with Crippen LogP contribution in [-0.4, -0.2) is 25.1 Å². The Kier molecular flexibility index (Phi) is 4.94. The van der Waals surface area contributed by atoms with E-state index >= 15 is 0 Å². The van der Waals surface area contributed by atoms with E-state index < -0.39 is 18.0 Å². The molecule has 110 valence electrons. The van der Waals surface area contributed by atoms with Crippen molar-refractivity contribution in [2.45, 2.75) is 13.0 Å². The lowest BCUT2D eigenvalue weighted by Gasteiger charge is -2.13. The number of amides is 1. The monoisotopic (exact) mass is 305 g/mol. The van der Waals surface area contributed by atoms with Crippen LogP contribution in [0.2, 0.25) is 0 Å². The van der Waals surface area contributed by atoms with E-state index in [4.69, 9.17) is 9.47 Å². The third kappa shape index (κ3) is 4.06. The van der Waals surface area contributed by atoms with Gasteiger partial charge in [-0.25, -0.2) is 4.79 Å². The van der Waals surface area contributed by atoms with Crippen molar-refractivity contribution in [3.63, 3.8) is 0 Å². The number of hydrogen-bond donors (Lipinski definition) is 1. The normalized spacial score (nSPS) is 11.5. The van der Waals surface area contributed by atoms with Crippen molar-refractivity contribution in [1.82, 2.24) is 0 Å². The number of carbonyl (C=O) groups is 2. The summed E-state index contributed by atoms with van der Waals surface area (Å²) in [6, 6.07) is 10.4. The highest BCUT2D eigenvalue weighted by atomic mass is 32.1. The summed E-state index contributed by atoms with van der Waals surface area (Å²) in [5, 5.41) is 4.45. The van der Waals surface area contributed by atoms with E-state index in [-0.39, 0.29) is 0 Å². The van der Waals surface area contributed by atoms with Gasteiger partial charge in [0.25, 0.3) is 5.91 Å². The lowest BCUT2D eigenvalue weighted by Crippen LogP contribution is -2.29. The maximum Gasteiger partial charge on any atom is 0.349 e. The Balaban J connectivity index is 1.94. The van der Waals surface area contributed by atoms with Crippen LogP contribution in [0.1, 0.15) is 16.6 Å². The zero-order valence-electron chi connectivity index (χ0n) is 11.7. The van der Waals surface area contributed by atoms with E-state index in [9.17, 15) is 9.59 Å². The van der Waals surface area contributed by atoms with Crippen LogP contribution in [0, 0.1) is 0 Å². The smallest absolute Gasteiger partial charge is 0.349 e. The molecule has 0 bridgehead atoms. The van der Waals surface area contributed by atoms with E-state index in [1.54, 1.807) is 48.9 Å². The molecule has 0 fully saturated rings. The minimum absolute atomic E-state index is 0.395. The molecule has 5 nitrogen and oxygen atoms in total. The van der Waals surface area contributed by atoms with Gasteiger partial charge in [0.2, 0.25) is 0 Å². The van der Waals surface area contributed by atoms with Crippen LogP contribution >= 0.6 is 11.3 Å². The molecule has 21 heavy (non-hydrogen) atoms. The fourth-order valence-electron chi connectivity index (χ4n) is 1.61. The molecule has 0 radical (unpaired) electrons. The van der Waals surface area contributed by atoms with E-state index in [0.29, 0.717) is 16.3 Å². The minimum atomic E-state index is -0.884. The third-order valence-corrected chi connectivity index (χ3v) is 3.56. The predicted octanol–water partition coefficient (Wildman–Crippen LogP) is 2.94. The Morgan fingerprint density at radius 1 is 1.24 bits per heavy atom. The van der Waals surface area contributed by atoms with Crippen LogP contribution in [-0.2, 0) is 9.53 Å². The molecule has 2 rings (SSSR count). The van der Waals surface area contributed by atoms with Gasteiger partial charge in [-0.2, -0.15) is 0 Å². The molecule has 0 aliphatic rings. The van der Waals surface area contributed by atoms with Gasteiger partial charge in [0.15, 0.2) is 6.10 Å². The van der Waals surface area contributed by atoms with Gasteiger partial charge < -0.3 is 14.8 Å². The van der Waals surface area contributed by atoms with Gasteiger partial charge in [0.1, 0.15) is 10.6 Å². The molecular weight excluding hydrogens is 290 g/mol. The number of carbonyl (C=O) groups excluding carboxylic acids is 2. The molecule has 6 heteroatoms. The lowest BCUT2D eigenvalue weighted by atomic mass is 10.3. The van der Waals surface area contributed by atoms with Crippen molar-refractivity contribution < 1.29 is 19.1 Å². The van der Waals surface area contributed by atoms with Crippen LogP contribution in [0.5, 0.6) is 5.75 Å². The van der Waals surface area contributed by atoms with E-state index in [0.717, 1.165) is 0 Å². The molecule has 1 N–H and O–H groups in total. The first-order chi connectivity index (χ1) is 10.1. The van der Waals surface area contributed by atoms with Crippen molar-refractivity contribution in [2.24, 2.45) is 0 Å². The number of anilines is 1. The first-order valence-electron chi connectivity index (χ1n) is 6.29. The van der Waals surface area contributed by atoms with Gasteiger partial charge >= 0.3 is 5.97 Å². The molecular formula is C15H15NO4S. The highest BCUT2D eigenvalue weighted by molar-refractivity contribution is 7.11. The van der Waals surface area contributed by atoms with Crippen LogP contribution in [0.4, 0.5) is 5.69 Å². The zero-order chi connectivity index (χ0) is 15.2. The van der Waals surface area contributed by atoms with E-state index in [1.165, 1.54) is 18.3 Å². The molecule has 1 amide bonds. The average Bonchev–Trinajstić information content (AvgIpc) is 3.01. The molecule has 0 aliphatic carbocycles. The van der Waals surface area contributed by atoms with Gasteiger partial charge in [-0.3, -0.25) is 4.79 Å². The van der Waals surface area contributed by atoms with Gasteiger partial charge in [-0.1, -0.05) is 12.1 Å². The fraction of sp³-hybridized carbons (Fsp3) is 0.200. The lowest BCUT2D eigenvalue weighted by molar-refractivity contribution is -0.123. The maximum atomic E-state index is 12.0. The van der Waals surface area contributed by atoms with E-state index in [2.05, 4.69) is 5.32 Å². The third-order valence-electron chi connectivity index (χ3n) is 2.71. The summed E-state index contributed by atoms with van der Waals surface area (Å²) in [7, 11) is 1.55. The molecule has 1 heterocycles. The van der Waals surface area contributed by atoms with Crippen molar-refractivity contribution >= 4 is 28.9 Å². The number of ether oxygens (including phenoxy) is 2. The molecule has 0 spiro atoms. The van der Waals surface area contributed by atoms with Gasteiger partial charge in [-0.15, -0.1) is 11.3 Å². The molecule has 0 saturated heterocycles. The number of thiophene rings is 1. The first-order valence-corrected chi connectivity index (χ1v) is 7.17. The second-order valence-electron chi connectivity index (χ2n) is 4.25. The van der Waals surface area contributed by atoms with E-state index in [1.807, 2.05) is 0 Å². The second kappa shape index (κ2) is 6.90. The number of esters is 1. The molecule has 1 atom stereocenters. The highest BCUT2D eigenvalue weighted by Crippen LogP contribution is 2.17. The summed E-state index contributed by atoms with van der Waals surface area (Å²) in [6.07, 6.45) is -0.884. The van der Waals surface area contributed by atoms with Gasteiger partial charge in [0, 0.05) is 11.8 Å². The van der Waals surface area contributed by atoms with Crippen LogP contribution < -0.4 is 10.1 Å². The summed E-state index contributed by atoms with van der Waals surface area (Å²) >= 11 is 1.27. The van der Waals surface area contributed by atoms with Crippen LogP contribution in [0.3, 0.4) is 0 Å². The number of methoxy groups -OCH3 is 1. The van der Waals surface area contributed by atoms with Gasteiger partial charge in [0.05, 0.1) is 7.11 Å². The van der Waals surface area contributed by atoms with Crippen molar-refractivity contribution in [1.29, 1.82) is 0 Å². The molecule has 0 saturated carbocycles. The molecule has 0 aliphatic heterocycles. The summed E-state index contributed by atoms with van der Waals surface area (Å²) in [5.41, 5.74) is 0.582. The molecule has 1 unspecified atom stereocenters. The number of hydrogen-bond acceptors (Lipinski definition) is 5.